The monoisotopic (exact) mass is 285 g/mol. The van der Waals surface area contributed by atoms with Gasteiger partial charge < -0.3 is 15.4 Å². The quantitative estimate of drug-likeness (QED) is 0.847. The van der Waals surface area contributed by atoms with Crippen molar-refractivity contribution in [2.45, 2.75) is 19.5 Å². The summed E-state index contributed by atoms with van der Waals surface area (Å²) in [6, 6.07) is 12.3. The molecule has 1 aromatic carbocycles. The summed E-state index contributed by atoms with van der Waals surface area (Å²) < 4.78 is 5.38. The van der Waals surface area contributed by atoms with Gasteiger partial charge in [-0.3, -0.25) is 4.98 Å². The Morgan fingerprint density at radius 1 is 1.24 bits per heavy atom. The van der Waals surface area contributed by atoms with Gasteiger partial charge in [-0.15, -0.1) is 0 Å². The number of rotatable bonds is 7. The van der Waals surface area contributed by atoms with Crippen LogP contribution in [0.5, 0.6) is 5.75 Å². The van der Waals surface area contributed by atoms with Crippen LogP contribution >= 0.6 is 0 Å². The molecule has 2 N–H and O–H groups in total. The van der Waals surface area contributed by atoms with Gasteiger partial charge >= 0.3 is 0 Å². The molecule has 0 aliphatic carbocycles. The van der Waals surface area contributed by atoms with Gasteiger partial charge in [0.15, 0.2) is 0 Å². The van der Waals surface area contributed by atoms with Gasteiger partial charge in [-0.25, -0.2) is 0 Å². The van der Waals surface area contributed by atoms with E-state index in [1.54, 1.807) is 7.11 Å². The molecule has 21 heavy (non-hydrogen) atoms. The number of aromatic nitrogens is 1. The van der Waals surface area contributed by atoms with Crippen molar-refractivity contribution in [1.29, 1.82) is 0 Å². The second-order valence-corrected chi connectivity index (χ2v) is 5.16. The Labute approximate surface area is 126 Å². The molecule has 0 atom stereocenters. The predicted molar refractivity (Wildman–Crippen MR) is 85.2 cm³/mol. The highest BCUT2D eigenvalue weighted by Gasteiger charge is 2.06. The SMILES string of the molecule is COc1cc(CN(C)CCc2ccccn2)ccc1CN. The number of nitrogens with zero attached hydrogens (tertiary/aromatic N) is 2. The van der Waals surface area contributed by atoms with Crippen molar-refractivity contribution in [3.05, 3.63) is 59.4 Å². The molecular formula is C17H23N3O. The lowest BCUT2D eigenvalue weighted by molar-refractivity contribution is 0.329. The Balaban J connectivity index is 1.91. The van der Waals surface area contributed by atoms with E-state index in [9.17, 15) is 0 Å². The smallest absolute Gasteiger partial charge is 0.123 e. The molecule has 0 spiro atoms. The first-order chi connectivity index (χ1) is 10.2. The molecule has 0 aliphatic heterocycles. The van der Waals surface area contributed by atoms with Crippen molar-refractivity contribution >= 4 is 0 Å². The van der Waals surface area contributed by atoms with Crippen LogP contribution < -0.4 is 10.5 Å². The highest BCUT2D eigenvalue weighted by Crippen LogP contribution is 2.20. The van der Waals surface area contributed by atoms with Crippen LogP contribution in [0.25, 0.3) is 0 Å². The maximum atomic E-state index is 5.69. The lowest BCUT2D eigenvalue weighted by Crippen LogP contribution is -2.21. The largest absolute Gasteiger partial charge is 0.496 e. The van der Waals surface area contributed by atoms with Crippen molar-refractivity contribution in [1.82, 2.24) is 9.88 Å². The molecule has 4 nitrogen and oxygen atoms in total. The summed E-state index contributed by atoms with van der Waals surface area (Å²) in [7, 11) is 3.80. The Kier molecular flexibility index (Phi) is 5.72. The second kappa shape index (κ2) is 7.76. The molecule has 0 radical (unpaired) electrons. The maximum absolute atomic E-state index is 5.69. The molecule has 0 aliphatic rings. The van der Waals surface area contributed by atoms with Gasteiger partial charge in [-0.1, -0.05) is 18.2 Å². The summed E-state index contributed by atoms with van der Waals surface area (Å²) in [4.78, 5) is 6.63. The molecule has 0 amide bonds. The Morgan fingerprint density at radius 3 is 2.76 bits per heavy atom. The normalized spacial score (nSPS) is 10.9. The van der Waals surface area contributed by atoms with Crippen LogP contribution in [0.1, 0.15) is 16.8 Å². The highest BCUT2D eigenvalue weighted by atomic mass is 16.5. The van der Waals surface area contributed by atoms with Crippen LogP contribution in [-0.4, -0.2) is 30.6 Å². The summed E-state index contributed by atoms with van der Waals surface area (Å²) in [6.45, 7) is 2.35. The van der Waals surface area contributed by atoms with Crippen LogP contribution in [0.4, 0.5) is 0 Å². The number of benzene rings is 1. The minimum absolute atomic E-state index is 0.499. The van der Waals surface area contributed by atoms with E-state index in [0.717, 1.165) is 36.5 Å². The van der Waals surface area contributed by atoms with Crippen LogP contribution in [0.3, 0.4) is 0 Å². The van der Waals surface area contributed by atoms with Crippen molar-refractivity contribution in [3.63, 3.8) is 0 Å². The number of pyridine rings is 1. The van der Waals surface area contributed by atoms with Crippen molar-refractivity contribution in [3.8, 4) is 5.75 Å². The number of likely N-dealkylation sites (N-methyl/N-ethyl adjacent to an activating group) is 1. The molecule has 1 aromatic heterocycles. The predicted octanol–water partition coefficient (Wildman–Crippen LogP) is 2.22. The standard InChI is InChI=1S/C17H23N3O/c1-20(10-8-16-5-3-4-9-19-16)13-14-6-7-15(12-18)17(11-14)21-2/h3-7,9,11H,8,10,12-13,18H2,1-2H3. The molecule has 4 heteroatoms. The zero-order valence-electron chi connectivity index (χ0n) is 12.7. The lowest BCUT2D eigenvalue weighted by Gasteiger charge is -2.17. The van der Waals surface area contributed by atoms with Gasteiger partial charge in [-0.05, 0) is 30.8 Å². The molecule has 1 heterocycles. The van der Waals surface area contributed by atoms with Crippen LogP contribution in [0.15, 0.2) is 42.6 Å². The van der Waals surface area contributed by atoms with Crippen molar-refractivity contribution in [2.75, 3.05) is 20.7 Å². The minimum Gasteiger partial charge on any atom is -0.496 e. The lowest BCUT2D eigenvalue weighted by atomic mass is 10.1. The van der Waals surface area contributed by atoms with E-state index >= 15 is 0 Å². The summed E-state index contributed by atoms with van der Waals surface area (Å²) >= 11 is 0. The third kappa shape index (κ3) is 4.55. The van der Waals surface area contributed by atoms with E-state index in [2.05, 4.69) is 35.1 Å². The first-order valence-electron chi connectivity index (χ1n) is 7.17. The fourth-order valence-corrected chi connectivity index (χ4v) is 2.30. The molecule has 0 bridgehead atoms. The Morgan fingerprint density at radius 2 is 2.10 bits per heavy atom. The van der Waals surface area contributed by atoms with E-state index in [1.165, 1.54) is 5.56 Å². The van der Waals surface area contributed by atoms with Gasteiger partial charge in [0, 0.05) is 43.5 Å². The summed E-state index contributed by atoms with van der Waals surface area (Å²) in [5, 5.41) is 0. The van der Waals surface area contributed by atoms with Crippen LogP contribution in [0, 0.1) is 0 Å². The molecule has 0 fully saturated rings. The van der Waals surface area contributed by atoms with E-state index in [1.807, 2.05) is 24.4 Å². The number of methoxy groups -OCH3 is 1. The number of ether oxygens (including phenoxy) is 1. The third-order valence-corrected chi connectivity index (χ3v) is 3.50. The fourth-order valence-electron chi connectivity index (χ4n) is 2.30. The molecule has 0 unspecified atom stereocenters. The molecule has 2 rings (SSSR count). The molecule has 0 saturated heterocycles. The molecular weight excluding hydrogens is 262 g/mol. The van der Waals surface area contributed by atoms with E-state index in [-0.39, 0.29) is 0 Å². The molecule has 2 aromatic rings. The first-order valence-corrected chi connectivity index (χ1v) is 7.17. The topological polar surface area (TPSA) is 51.4 Å². The summed E-state index contributed by atoms with van der Waals surface area (Å²) in [5.41, 5.74) is 9.09. The molecule has 112 valence electrons. The van der Waals surface area contributed by atoms with Crippen LogP contribution in [0.2, 0.25) is 0 Å². The molecule has 0 saturated carbocycles. The van der Waals surface area contributed by atoms with Gasteiger partial charge in [0.1, 0.15) is 5.75 Å². The Bertz CT molecular complexity index is 557. The number of nitrogens with two attached hydrogens (primary N) is 1. The maximum Gasteiger partial charge on any atom is 0.123 e. The third-order valence-electron chi connectivity index (χ3n) is 3.50. The van der Waals surface area contributed by atoms with Gasteiger partial charge in [-0.2, -0.15) is 0 Å². The zero-order valence-corrected chi connectivity index (χ0v) is 12.7. The van der Waals surface area contributed by atoms with Crippen molar-refractivity contribution in [2.24, 2.45) is 5.73 Å². The first kappa shape index (κ1) is 15.5. The van der Waals surface area contributed by atoms with Gasteiger partial charge in [0.25, 0.3) is 0 Å². The average molecular weight is 285 g/mol. The zero-order chi connectivity index (χ0) is 15.1. The minimum atomic E-state index is 0.499. The summed E-state index contributed by atoms with van der Waals surface area (Å²) in [5.74, 6) is 0.869. The number of hydrogen-bond acceptors (Lipinski definition) is 4. The van der Waals surface area contributed by atoms with Gasteiger partial charge in [0.2, 0.25) is 0 Å². The Hall–Kier alpha value is -1.91. The van der Waals surface area contributed by atoms with E-state index in [4.69, 9.17) is 10.5 Å². The average Bonchev–Trinajstić information content (AvgIpc) is 2.53. The van der Waals surface area contributed by atoms with Gasteiger partial charge in [0.05, 0.1) is 7.11 Å². The highest BCUT2D eigenvalue weighted by molar-refractivity contribution is 5.37. The number of hydrogen-bond donors (Lipinski definition) is 1. The fraction of sp³-hybridized carbons (Fsp3) is 0.353. The van der Waals surface area contributed by atoms with E-state index < -0.39 is 0 Å². The van der Waals surface area contributed by atoms with Crippen LogP contribution in [-0.2, 0) is 19.5 Å². The van der Waals surface area contributed by atoms with E-state index in [0.29, 0.717) is 6.54 Å². The second-order valence-electron chi connectivity index (χ2n) is 5.16. The van der Waals surface area contributed by atoms with Crippen molar-refractivity contribution < 1.29 is 4.74 Å². The summed E-state index contributed by atoms with van der Waals surface area (Å²) in [6.07, 6.45) is 2.79.